The van der Waals surface area contributed by atoms with Crippen molar-refractivity contribution in [2.24, 2.45) is 0 Å². The molecule has 0 unspecified atom stereocenters. The van der Waals surface area contributed by atoms with Gasteiger partial charge in [0.05, 0.1) is 10.5 Å². The molecule has 0 aliphatic rings. The van der Waals surface area contributed by atoms with Gasteiger partial charge in [-0.15, -0.1) is 0 Å². The summed E-state index contributed by atoms with van der Waals surface area (Å²) in [6, 6.07) is 5.33. The van der Waals surface area contributed by atoms with Crippen molar-refractivity contribution in [1.82, 2.24) is 10.0 Å². The minimum absolute atomic E-state index is 0.0598. The van der Waals surface area contributed by atoms with Gasteiger partial charge in [0.1, 0.15) is 0 Å². The molecular weight excluding hydrogens is 320 g/mol. The third-order valence-corrected chi connectivity index (χ3v) is 4.50. The molecule has 0 fully saturated rings. The van der Waals surface area contributed by atoms with Gasteiger partial charge in [-0.2, -0.15) is 0 Å². The Balaban J connectivity index is 2.73. The minimum atomic E-state index is -3.57. The van der Waals surface area contributed by atoms with Crippen LogP contribution in [0, 0.1) is 0 Å². The van der Waals surface area contributed by atoms with Gasteiger partial charge < -0.3 is 10.1 Å². The lowest BCUT2D eigenvalue weighted by atomic mass is 10.2. The maximum Gasteiger partial charge on any atom is 0.338 e. The number of ether oxygens (including phenoxy) is 1. The highest BCUT2D eigenvalue weighted by Crippen LogP contribution is 2.12. The fraction of sp³-hybridized carbons (Fsp3) is 0.467. The van der Waals surface area contributed by atoms with Crippen molar-refractivity contribution in [2.45, 2.75) is 38.2 Å². The van der Waals surface area contributed by atoms with Gasteiger partial charge in [0.25, 0.3) is 5.91 Å². The number of hydrogen-bond donors (Lipinski definition) is 2. The molecular formula is C15H22N2O5S. The van der Waals surface area contributed by atoms with E-state index >= 15 is 0 Å². The second-order valence-corrected chi connectivity index (χ2v) is 6.63. The third kappa shape index (κ3) is 5.65. The van der Waals surface area contributed by atoms with Crippen molar-refractivity contribution in [3.63, 3.8) is 0 Å². The fourth-order valence-corrected chi connectivity index (χ4v) is 2.76. The first-order chi connectivity index (χ1) is 10.8. The number of carbonyl (C=O) groups is 2. The van der Waals surface area contributed by atoms with E-state index in [0.717, 1.165) is 6.42 Å². The molecule has 1 amide bonds. The van der Waals surface area contributed by atoms with Gasteiger partial charge in [-0.25, -0.2) is 17.9 Å². The van der Waals surface area contributed by atoms with E-state index in [1.54, 1.807) is 6.92 Å². The van der Waals surface area contributed by atoms with Gasteiger partial charge in [-0.05, 0) is 37.6 Å². The van der Waals surface area contributed by atoms with E-state index in [9.17, 15) is 18.0 Å². The first-order valence-corrected chi connectivity index (χ1v) is 8.88. The maximum atomic E-state index is 12.0. The lowest BCUT2D eigenvalue weighted by molar-refractivity contribution is -0.129. The van der Waals surface area contributed by atoms with Crippen molar-refractivity contribution in [3.05, 3.63) is 29.8 Å². The molecule has 1 rings (SSSR count). The van der Waals surface area contributed by atoms with Crippen LogP contribution in [-0.4, -0.2) is 39.5 Å². The molecule has 0 heterocycles. The van der Waals surface area contributed by atoms with Crippen LogP contribution in [0.3, 0.4) is 0 Å². The van der Waals surface area contributed by atoms with Gasteiger partial charge in [0.15, 0.2) is 6.10 Å². The SMILES string of the molecule is CCCNC(=O)[C@@H](C)OC(=O)c1ccc(S(=O)(=O)NCC)cc1. The molecule has 1 atom stereocenters. The Morgan fingerprint density at radius 3 is 2.30 bits per heavy atom. The number of carbonyl (C=O) groups excluding carboxylic acids is 2. The highest BCUT2D eigenvalue weighted by atomic mass is 32.2. The summed E-state index contributed by atoms with van der Waals surface area (Å²) >= 11 is 0. The van der Waals surface area contributed by atoms with E-state index in [1.165, 1.54) is 31.2 Å². The third-order valence-electron chi connectivity index (χ3n) is 2.94. The van der Waals surface area contributed by atoms with Crippen LogP contribution >= 0.6 is 0 Å². The summed E-state index contributed by atoms with van der Waals surface area (Å²) in [5.41, 5.74) is 0.176. The van der Waals surface area contributed by atoms with Gasteiger partial charge >= 0.3 is 5.97 Å². The quantitative estimate of drug-likeness (QED) is 0.688. The van der Waals surface area contributed by atoms with Crippen molar-refractivity contribution in [1.29, 1.82) is 0 Å². The second kappa shape index (κ2) is 8.64. The zero-order chi connectivity index (χ0) is 17.5. The van der Waals surface area contributed by atoms with Crippen LogP contribution < -0.4 is 10.0 Å². The topological polar surface area (TPSA) is 102 Å². The summed E-state index contributed by atoms with van der Waals surface area (Å²) < 4.78 is 31.0. The predicted molar refractivity (Wildman–Crippen MR) is 85.5 cm³/mol. The van der Waals surface area contributed by atoms with Crippen LogP contribution in [0.4, 0.5) is 0 Å². The standard InChI is InChI=1S/C15H22N2O5S/c1-4-10-16-14(18)11(3)22-15(19)12-6-8-13(9-7-12)23(20,21)17-5-2/h6-9,11,17H,4-5,10H2,1-3H3,(H,16,18)/t11-/m1/s1. The molecule has 8 heteroatoms. The Hall–Kier alpha value is -1.93. The predicted octanol–water partition coefficient (Wildman–Crippen LogP) is 1.06. The van der Waals surface area contributed by atoms with Crippen LogP contribution in [0.2, 0.25) is 0 Å². The van der Waals surface area contributed by atoms with E-state index in [0.29, 0.717) is 6.54 Å². The molecule has 0 bridgehead atoms. The molecule has 0 radical (unpaired) electrons. The molecule has 23 heavy (non-hydrogen) atoms. The van der Waals surface area contributed by atoms with E-state index in [-0.39, 0.29) is 22.9 Å². The molecule has 0 saturated heterocycles. The number of benzene rings is 1. The summed E-state index contributed by atoms with van der Waals surface area (Å²) in [7, 11) is -3.57. The number of amides is 1. The number of sulfonamides is 1. The van der Waals surface area contributed by atoms with E-state index in [1.807, 2.05) is 6.92 Å². The molecule has 2 N–H and O–H groups in total. The summed E-state index contributed by atoms with van der Waals surface area (Å²) in [5, 5.41) is 2.63. The lowest BCUT2D eigenvalue weighted by Crippen LogP contribution is -2.36. The molecule has 0 spiro atoms. The Kier molecular flexibility index (Phi) is 7.18. The molecule has 0 aliphatic heterocycles. The molecule has 0 saturated carbocycles. The molecule has 0 aromatic heterocycles. The highest BCUT2D eigenvalue weighted by Gasteiger charge is 2.19. The summed E-state index contributed by atoms with van der Waals surface area (Å²) in [6.45, 7) is 5.86. The van der Waals surface area contributed by atoms with Crippen molar-refractivity contribution in [3.8, 4) is 0 Å². The summed E-state index contributed by atoms with van der Waals surface area (Å²) in [6.07, 6.45) is -0.132. The minimum Gasteiger partial charge on any atom is -0.449 e. The zero-order valence-electron chi connectivity index (χ0n) is 13.5. The number of nitrogens with one attached hydrogen (secondary N) is 2. The first-order valence-electron chi connectivity index (χ1n) is 7.40. The summed E-state index contributed by atoms with van der Waals surface area (Å²) in [4.78, 5) is 23.7. The van der Waals surface area contributed by atoms with E-state index in [2.05, 4.69) is 10.0 Å². The molecule has 128 valence electrons. The molecule has 1 aromatic rings. The van der Waals surface area contributed by atoms with Crippen molar-refractivity contribution in [2.75, 3.05) is 13.1 Å². The number of esters is 1. The molecule has 1 aromatic carbocycles. The van der Waals surface area contributed by atoms with E-state index < -0.39 is 22.1 Å². The normalized spacial score (nSPS) is 12.5. The van der Waals surface area contributed by atoms with Crippen LogP contribution in [0.15, 0.2) is 29.2 Å². The van der Waals surface area contributed by atoms with Gasteiger partial charge in [0.2, 0.25) is 10.0 Å². The van der Waals surface area contributed by atoms with Crippen LogP contribution in [0.1, 0.15) is 37.6 Å². The Morgan fingerprint density at radius 2 is 1.78 bits per heavy atom. The average molecular weight is 342 g/mol. The van der Waals surface area contributed by atoms with Crippen molar-refractivity contribution < 1.29 is 22.7 Å². The average Bonchev–Trinajstić information content (AvgIpc) is 2.52. The fourth-order valence-electron chi connectivity index (χ4n) is 1.72. The Labute approximate surface area is 136 Å². The van der Waals surface area contributed by atoms with Gasteiger partial charge in [0, 0.05) is 13.1 Å². The second-order valence-electron chi connectivity index (χ2n) is 4.86. The zero-order valence-corrected chi connectivity index (χ0v) is 14.3. The van der Waals surface area contributed by atoms with Crippen LogP contribution in [0.25, 0.3) is 0 Å². The van der Waals surface area contributed by atoms with Crippen LogP contribution in [-0.2, 0) is 19.6 Å². The smallest absolute Gasteiger partial charge is 0.338 e. The van der Waals surface area contributed by atoms with Gasteiger partial charge in [-0.3, -0.25) is 4.79 Å². The number of hydrogen-bond acceptors (Lipinski definition) is 5. The van der Waals surface area contributed by atoms with Crippen molar-refractivity contribution >= 4 is 21.9 Å². The molecule has 7 nitrogen and oxygen atoms in total. The lowest BCUT2D eigenvalue weighted by Gasteiger charge is -2.13. The Bertz CT molecular complexity index is 640. The maximum absolute atomic E-state index is 12.0. The summed E-state index contributed by atoms with van der Waals surface area (Å²) in [5.74, 6) is -1.05. The first kappa shape index (κ1) is 19.1. The molecule has 0 aliphatic carbocycles. The van der Waals surface area contributed by atoms with Gasteiger partial charge in [-0.1, -0.05) is 13.8 Å². The highest BCUT2D eigenvalue weighted by molar-refractivity contribution is 7.89. The Morgan fingerprint density at radius 1 is 1.17 bits per heavy atom. The largest absolute Gasteiger partial charge is 0.449 e. The van der Waals surface area contributed by atoms with Crippen LogP contribution in [0.5, 0.6) is 0 Å². The van der Waals surface area contributed by atoms with E-state index in [4.69, 9.17) is 4.74 Å². The number of rotatable bonds is 8. The monoisotopic (exact) mass is 342 g/mol.